The molecular weight excluding hydrogens is 510 g/mol. The highest BCUT2D eigenvalue weighted by Crippen LogP contribution is 2.40. The molecule has 16 nitrogen and oxygen atoms in total. The SMILES string of the molecule is N=C(N)c1ccc(C(N)=O)c(Oc2nc(Oc3ccccc3N=C(N)N)nc3c2NC(=O)C(CC(N)=O)N3)c1. The van der Waals surface area contributed by atoms with E-state index in [1.165, 1.54) is 18.2 Å². The second-order valence-electron chi connectivity index (χ2n) is 8.09. The Labute approximate surface area is 220 Å². The van der Waals surface area contributed by atoms with Gasteiger partial charge in [-0.25, -0.2) is 4.99 Å². The normalized spacial score (nSPS) is 13.7. The fourth-order valence-corrected chi connectivity index (χ4v) is 3.50. The lowest BCUT2D eigenvalue weighted by atomic mass is 10.1. The minimum Gasteiger partial charge on any atom is -0.436 e. The van der Waals surface area contributed by atoms with Gasteiger partial charge in [-0.15, -0.1) is 0 Å². The molecule has 200 valence electrons. The van der Waals surface area contributed by atoms with Gasteiger partial charge in [0.1, 0.15) is 29.0 Å². The number of guanidine groups is 1. The molecule has 3 aromatic rings. The number of ether oxygens (including phenoxy) is 2. The van der Waals surface area contributed by atoms with Crippen molar-refractivity contribution in [3.63, 3.8) is 0 Å². The molecule has 0 radical (unpaired) electrons. The summed E-state index contributed by atoms with van der Waals surface area (Å²) in [5, 5.41) is 13.1. The van der Waals surface area contributed by atoms with Gasteiger partial charge in [0.15, 0.2) is 17.5 Å². The number of anilines is 2. The maximum atomic E-state index is 12.7. The topological polar surface area (TPSA) is 286 Å². The van der Waals surface area contributed by atoms with Gasteiger partial charge in [0, 0.05) is 5.56 Å². The number of carbonyl (C=O) groups excluding carboxylic acids is 3. The van der Waals surface area contributed by atoms with Gasteiger partial charge in [0.2, 0.25) is 11.8 Å². The van der Waals surface area contributed by atoms with Crippen LogP contribution in [-0.4, -0.2) is 45.5 Å². The monoisotopic (exact) mass is 533 g/mol. The van der Waals surface area contributed by atoms with Crippen molar-refractivity contribution >= 4 is 46.7 Å². The van der Waals surface area contributed by atoms with Crippen LogP contribution in [0.25, 0.3) is 0 Å². The molecule has 0 saturated heterocycles. The quantitative estimate of drug-likeness (QED) is 0.133. The van der Waals surface area contributed by atoms with Crippen LogP contribution in [0.15, 0.2) is 47.5 Å². The molecule has 16 heteroatoms. The number of benzene rings is 2. The molecule has 3 amide bonds. The van der Waals surface area contributed by atoms with Crippen LogP contribution in [0.2, 0.25) is 0 Å². The lowest BCUT2D eigenvalue weighted by molar-refractivity contribution is -0.123. The van der Waals surface area contributed by atoms with E-state index in [2.05, 4.69) is 25.6 Å². The minimum atomic E-state index is -1.05. The summed E-state index contributed by atoms with van der Waals surface area (Å²) in [6.45, 7) is 0. The number of nitrogens with one attached hydrogen (secondary N) is 3. The zero-order valence-corrected chi connectivity index (χ0v) is 20.1. The molecule has 2 heterocycles. The minimum absolute atomic E-state index is 0.0171. The fraction of sp³-hybridized carbons (Fsp3) is 0.0870. The Balaban J connectivity index is 1.83. The third-order valence-electron chi connectivity index (χ3n) is 5.22. The Morgan fingerprint density at radius 3 is 2.41 bits per heavy atom. The Bertz CT molecular complexity index is 1530. The van der Waals surface area contributed by atoms with Gasteiger partial charge in [-0.1, -0.05) is 18.2 Å². The smallest absolute Gasteiger partial charge is 0.327 e. The van der Waals surface area contributed by atoms with E-state index in [1.54, 1.807) is 24.3 Å². The van der Waals surface area contributed by atoms with Crippen molar-refractivity contribution in [2.75, 3.05) is 10.6 Å². The number of aliphatic imine (C=N–C) groups is 1. The molecule has 0 bridgehead atoms. The summed E-state index contributed by atoms with van der Waals surface area (Å²) in [5.74, 6) is -2.90. The average molecular weight is 534 g/mol. The number of para-hydroxylation sites is 2. The van der Waals surface area contributed by atoms with E-state index < -0.39 is 23.8 Å². The van der Waals surface area contributed by atoms with E-state index >= 15 is 0 Å². The molecule has 39 heavy (non-hydrogen) atoms. The van der Waals surface area contributed by atoms with E-state index in [-0.39, 0.29) is 69.9 Å². The number of primary amides is 2. The van der Waals surface area contributed by atoms with E-state index in [4.69, 9.17) is 43.6 Å². The predicted molar refractivity (Wildman–Crippen MR) is 140 cm³/mol. The van der Waals surface area contributed by atoms with Crippen LogP contribution in [0, 0.1) is 5.41 Å². The summed E-state index contributed by atoms with van der Waals surface area (Å²) in [7, 11) is 0. The molecule has 1 unspecified atom stereocenters. The molecule has 4 rings (SSSR count). The zero-order valence-electron chi connectivity index (χ0n) is 20.1. The van der Waals surface area contributed by atoms with Gasteiger partial charge in [-0.2, -0.15) is 9.97 Å². The molecule has 1 aromatic heterocycles. The van der Waals surface area contributed by atoms with Gasteiger partial charge >= 0.3 is 6.01 Å². The summed E-state index contributed by atoms with van der Waals surface area (Å²) in [6, 6.07) is 9.17. The van der Waals surface area contributed by atoms with Gasteiger partial charge < -0.3 is 48.8 Å². The van der Waals surface area contributed by atoms with Crippen LogP contribution in [0.5, 0.6) is 23.4 Å². The van der Waals surface area contributed by atoms with Gasteiger partial charge in [-0.05, 0) is 24.3 Å². The molecule has 0 saturated carbocycles. The highest BCUT2D eigenvalue weighted by molar-refractivity contribution is 6.05. The molecule has 0 aliphatic carbocycles. The van der Waals surface area contributed by atoms with Gasteiger partial charge in [-0.3, -0.25) is 19.8 Å². The van der Waals surface area contributed by atoms with E-state index in [0.717, 1.165) is 0 Å². The number of amidine groups is 1. The highest BCUT2D eigenvalue weighted by atomic mass is 16.5. The molecule has 13 N–H and O–H groups in total. The van der Waals surface area contributed by atoms with Crippen LogP contribution < -0.4 is 48.8 Å². The second kappa shape index (κ2) is 10.6. The number of aromatic nitrogens is 2. The second-order valence-corrected chi connectivity index (χ2v) is 8.09. The largest absolute Gasteiger partial charge is 0.436 e. The number of amides is 3. The number of rotatable bonds is 9. The van der Waals surface area contributed by atoms with Gasteiger partial charge in [0.05, 0.1) is 12.0 Å². The van der Waals surface area contributed by atoms with Crippen LogP contribution in [0.3, 0.4) is 0 Å². The molecular formula is C23H23N11O5. The van der Waals surface area contributed by atoms with Crippen LogP contribution in [-0.2, 0) is 9.59 Å². The predicted octanol–water partition coefficient (Wildman–Crippen LogP) is -0.0429. The number of nitrogens with two attached hydrogens (primary N) is 5. The first-order valence-corrected chi connectivity index (χ1v) is 11.1. The summed E-state index contributed by atoms with van der Waals surface area (Å²) in [6.07, 6.45) is -0.332. The number of hydrogen-bond acceptors (Lipinski definition) is 10. The van der Waals surface area contributed by atoms with E-state index in [9.17, 15) is 14.4 Å². The van der Waals surface area contributed by atoms with Crippen molar-refractivity contribution in [1.29, 1.82) is 5.41 Å². The molecule has 1 atom stereocenters. The standard InChI is InChI=1S/C23H23N11O5/c24-15(35)8-12-20(37)32-16-19(30-12)33-23(39-13-4-2-1-3-11(13)31-22(28)29)34-21(16)38-14-7-9(17(25)26)5-6-10(14)18(27)36/h1-7,12H,8H2,(H2,24,35)(H3,25,26)(H2,27,36)(H,32,37)(H4,28,29,31)(H,30,33,34). The molecule has 0 fully saturated rings. The summed E-state index contributed by atoms with van der Waals surface area (Å²) >= 11 is 0. The summed E-state index contributed by atoms with van der Waals surface area (Å²) in [4.78, 5) is 48.7. The first kappa shape index (κ1) is 26.1. The Morgan fingerprint density at radius 2 is 1.74 bits per heavy atom. The van der Waals surface area contributed by atoms with E-state index in [1.807, 2.05) is 0 Å². The number of fused-ring (bicyclic) bond motifs is 1. The molecule has 2 aromatic carbocycles. The van der Waals surface area contributed by atoms with E-state index in [0.29, 0.717) is 0 Å². The third kappa shape index (κ3) is 5.91. The van der Waals surface area contributed by atoms with Crippen molar-refractivity contribution in [1.82, 2.24) is 9.97 Å². The number of nitrogen functional groups attached to an aromatic ring is 1. The number of carbonyl (C=O) groups is 3. The Morgan fingerprint density at radius 1 is 1.00 bits per heavy atom. The Hall–Kier alpha value is -5.93. The van der Waals surface area contributed by atoms with Crippen molar-refractivity contribution in [2.24, 2.45) is 33.7 Å². The lowest BCUT2D eigenvalue weighted by Gasteiger charge is -2.26. The van der Waals surface area contributed by atoms with Crippen molar-refractivity contribution in [3.05, 3.63) is 53.6 Å². The first-order valence-electron chi connectivity index (χ1n) is 11.1. The van der Waals surface area contributed by atoms with Crippen LogP contribution >= 0.6 is 0 Å². The maximum absolute atomic E-state index is 12.7. The average Bonchev–Trinajstić information content (AvgIpc) is 2.85. The molecule has 1 aliphatic rings. The summed E-state index contributed by atoms with van der Waals surface area (Å²) < 4.78 is 11.7. The number of hydrogen-bond donors (Lipinski definition) is 8. The molecule has 1 aliphatic heterocycles. The fourth-order valence-electron chi connectivity index (χ4n) is 3.50. The highest BCUT2D eigenvalue weighted by Gasteiger charge is 2.32. The molecule has 0 spiro atoms. The zero-order chi connectivity index (χ0) is 28.3. The lowest BCUT2D eigenvalue weighted by Crippen LogP contribution is -2.42. The Kier molecular flexibility index (Phi) is 7.10. The van der Waals surface area contributed by atoms with Crippen molar-refractivity contribution in [2.45, 2.75) is 12.5 Å². The van der Waals surface area contributed by atoms with Crippen LogP contribution in [0.4, 0.5) is 17.2 Å². The van der Waals surface area contributed by atoms with Crippen LogP contribution in [0.1, 0.15) is 22.3 Å². The first-order chi connectivity index (χ1) is 18.5. The van der Waals surface area contributed by atoms with Crippen molar-refractivity contribution < 1.29 is 23.9 Å². The maximum Gasteiger partial charge on any atom is 0.327 e. The van der Waals surface area contributed by atoms with Gasteiger partial charge in [0.25, 0.3) is 11.8 Å². The summed E-state index contributed by atoms with van der Waals surface area (Å²) in [5.41, 5.74) is 27.7. The number of nitrogens with zero attached hydrogens (tertiary/aromatic N) is 3. The van der Waals surface area contributed by atoms with Crippen molar-refractivity contribution in [3.8, 4) is 23.4 Å². The third-order valence-corrected chi connectivity index (χ3v) is 5.22.